The molecule has 0 aliphatic rings. The van der Waals surface area contributed by atoms with Crippen LogP contribution >= 0.6 is 70.6 Å². The van der Waals surface area contributed by atoms with Crippen LogP contribution < -0.4 is 35.3 Å². The van der Waals surface area contributed by atoms with Crippen LogP contribution in [0.1, 0.15) is 184 Å². The van der Waals surface area contributed by atoms with Gasteiger partial charge in [0, 0.05) is 28.4 Å². The molecule has 0 aliphatic heterocycles. The molecule has 24 heteroatoms. The number of aliphatic hydroxyl groups excluding tert-OH is 5. The van der Waals surface area contributed by atoms with E-state index in [1.807, 2.05) is 74.1 Å². The van der Waals surface area contributed by atoms with E-state index in [0.717, 1.165) is 28.1 Å². The van der Waals surface area contributed by atoms with Gasteiger partial charge in [-0.1, -0.05) is 138 Å². The fourth-order valence-electron chi connectivity index (χ4n) is 3.45. The SMILES string of the molecule is CC(=O)SCCC(C)(C)C.CC(C)(C)CCS.CC(C)(C)CCS(=O)(=O)CCO.CC(C)(C)CCS(=O)(=O)CCO.CC(C)(C)CCSCCO.CC(C)(C)OCl.CC(C)(N)CCS(=O)(=O)CCO.OCCI.[Na+].[OH-]. The summed E-state index contributed by atoms with van der Waals surface area (Å²) in [5.74, 6) is 4.04. The van der Waals surface area contributed by atoms with Crippen LogP contribution in [0.3, 0.4) is 0 Å². The van der Waals surface area contributed by atoms with Gasteiger partial charge < -0.3 is 36.7 Å². The number of aliphatic hydroxyl groups is 5. The van der Waals surface area contributed by atoms with Gasteiger partial charge in [0.2, 0.25) is 0 Å². The molecule has 0 heterocycles. The maximum atomic E-state index is 11.1. The van der Waals surface area contributed by atoms with E-state index in [-0.39, 0.29) is 111 Å². The van der Waals surface area contributed by atoms with Crippen molar-refractivity contribution in [3.05, 3.63) is 0 Å². The van der Waals surface area contributed by atoms with Crippen LogP contribution in [0, 0.1) is 27.1 Å². The van der Waals surface area contributed by atoms with E-state index in [9.17, 15) is 30.0 Å². The Kier molecular flexibility index (Phi) is 70.2. The van der Waals surface area contributed by atoms with E-state index in [4.69, 9.17) is 43.1 Å². The van der Waals surface area contributed by atoms with Gasteiger partial charge in [-0.3, -0.25) is 9.08 Å². The second-order valence-corrected chi connectivity index (χ2v) is 36.0. The van der Waals surface area contributed by atoms with Gasteiger partial charge >= 0.3 is 29.6 Å². The number of hydrogen-bond donors (Lipinski definition) is 7. The second kappa shape index (κ2) is 53.0. The van der Waals surface area contributed by atoms with Crippen LogP contribution in [-0.2, 0) is 38.6 Å². The van der Waals surface area contributed by atoms with Gasteiger partial charge in [0.15, 0.2) is 34.6 Å². The number of hydrogen-bond acceptors (Lipinski definition) is 18. The van der Waals surface area contributed by atoms with Gasteiger partial charge in [-0.25, -0.2) is 25.3 Å². The average molecular weight is 1350 g/mol. The molecule has 0 aliphatic carbocycles. The van der Waals surface area contributed by atoms with E-state index >= 15 is 0 Å². The van der Waals surface area contributed by atoms with E-state index in [0.29, 0.717) is 48.7 Å². The van der Waals surface area contributed by atoms with Crippen LogP contribution in [-0.4, -0.2) is 168 Å². The molecule has 0 spiro atoms. The van der Waals surface area contributed by atoms with Crippen molar-refractivity contribution in [1.29, 1.82) is 0 Å². The molecule has 0 rings (SSSR count). The van der Waals surface area contributed by atoms with Crippen molar-refractivity contribution in [2.75, 3.05) is 95.0 Å². The first-order valence-electron chi connectivity index (χ1n) is 24.9. The zero-order chi connectivity index (χ0) is 60.3. The van der Waals surface area contributed by atoms with Crippen LogP contribution in [0.4, 0.5) is 0 Å². The van der Waals surface area contributed by atoms with Crippen molar-refractivity contribution < 1.29 is 94.9 Å². The number of rotatable bonds is 21. The molecule has 0 fully saturated rings. The summed E-state index contributed by atoms with van der Waals surface area (Å²) in [6.45, 7) is 42.6. The number of alkyl halides is 1. The van der Waals surface area contributed by atoms with Crippen molar-refractivity contribution in [3.63, 3.8) is 0 Å². The first kappa shape index (κ1) is 99.3. The van der Waals surface area contributed by atoms with Crippen LogP contribution in [0.2, 0.25) is 0 Å². The minimum Gasteiger partial charge on any atom is -0.870 e. The largest absolute Gasteiger partial charge is 1.00 e. The Labute approximate surface area is 518 Å². The Hall–Kier alpha value is 2.27. The van der Waals surface area contributed by atoms with E-state index in [1.54, 1.807) is 20.8 Å². The summed E-state index contributed by atoms with van der Waals surface area (Å²) in [5.41, 5.74) is 6.34. The second-order valence-electron chi connectivity index (χ2n) is 24.9. The van der Waals surface area contributed by atoms with Crippen molar-refractivity contribution >= 4 is 105 Å². The number of carbonyl (C=O) groups excluding carboxylic acids is 1. The summed E-state index contributed by atoms with van der Waals surface area (Å²) < 4.78 is 71.8. The van der Waals surface area contributed by atoms with Gasteiger partial charge in [0.05, 0.1) is 85.0 Å². The third-order valence-corrected chi connectivity index (χ3v) is 16.0. The molecule has 0 radical (unpaired) electrons. The van der Waals surface area contributed by atoms with Gasteiger partial charge in [0.25, 0.3) is 0 Å². The zero-order valence-electron chi connectivity index (χ0n) is 51.3. The molecular weight excluding hydrogens is 1230 g/mol. The summed E-state index contributed by atoms with van der Waals surface area (Å²) >= 11 is 14.4. The number of thioether (sulfide) groups is 2. The molecule has 8 N–H and O–H groups in total. The molecule has 0 unspecified atom stereocenters. The Morgan fingerprint density at radius 1 is 0.507 bits per heavy atom. The predicted octanol–water partition coefficient (Wildman–Crippen LogP) is 7.58. The molecule has 0 bridgehead atoms. The fourth-order valence-corrected chi connectivity index (χ4v) is 10.3. The molecule has 75 heavy (non-hydrogen) atoms. The summed E-state index contributed by atoms with van der Waals surface area (Å²) in [6, 6.07) is 0. The predicted molar refractivity (Wildman–Crippen MR) is 336 cm³/mol. The van der Waals surface area contributed by atoms with Gasteiger partial charge in [-0.15, -0.1) is 0 Å². The van der Waals surface area contributed by atoms with Crippen molar-refractivity contribution in [2.24, 2.45) is 32.8 Å². The van der Waals surface area contributed by atoms with E-state index < -0.39 is 35.1 Å². The zero-order valence-corrected chi connectivity index (χ0v) is 61.2. The summed E-state index contributed by atoms with van der Waals surface area (Å²) in [6.07, 6.45) is 5.27. The average Bonchev–Trinajstić information content (AvgIpc) is 3.17. The Balaban J connectivity index is -0.0000000815. The molecule has 0 aromatic rings. The van der Waals surface area contributed by atoms with Crippen LogP contribution in [0.15, 0.2) is 0 Å². The fraction of sp³-hybridized carbons (Fsp3) is 0.980. The number of thiol groups is 1. The smallest absolute Gasteiger partial charge is 0.870 e. The molecular formula is C51H116ClINNaO14S6. The first-order chi connectivity index (χ1) is 32.3. The normalized spacial score (nSPS) is 12.0. The molecule has 0 saturated carbocycles. The maximum absolute atomic E-state index is 11.1. The maximum Gasteiger partial charge on any atom is 1.00 e. The summed E-state index contributed by atoms with van der Waals surface area (Å²) in [7, 11) is -9.12. The molecule has 0 aromatic carbocycles. The minimum atomic E-state index is -3.09. The minimum absolute atomic E-state index is 0. The van der Waals surface area contributed by atoms with Crippen LogP contribution in [0.25, 0.3) is 0 Å². The molecule has 0 aromatic heterocycles. The molecule has 0 atom stereocenters. The van der Waals surface area contributed by atoms with E-state index in [1.165, 1.54) is 30.4 Å². The van der Waals surface area contributed by atoms with Gasteiger partial charge in [-0.05, 0) is 112 Å². The Morgan fingerprint density at radius 3 is 0.947 bits per heavy atom. The van der Waals surface area contributed by atoms with E-state index in [2.05, 4.69) is 102 Å². The third-order valence-electron chi connectivity index (χ3n) is 8.16. The van der Waals surface area contributed by atoms with Gasteiger partial charge in [0.1, 0.15) is 0 Å². The molecule has 460 valence electrons. The van der Waals surface area contributed by atoms with Crippen molar-refractivity contribution in [3.8, 4) is 0 Å². The molecule has 0 amide bonds. The summed E-state index contributed by atoms with van der Waals surface area (Å²) in [5, 5.41) is 41.9. The monoisotopic (exact) mass is 1340 g/mol. The number of sulfone groups is 3. The standard InChI is InChI=1S/2C8H18O3S.C8H16OS.C8H18OS.C7H17NO3S.C6H14S.C4H9ClO.C2H5IO.Na.H2O/c2*1-8(2,3)4-6-12(10,11)7-5-9;1-7(9)10-6-5-8(2,3)4;1-8(2,3)4-6-10-7-5-9;1-7(2,8)3-5-12(10,11)6-4-9;1-6(2,3)4-5-7;1-4(2,3)6-5;3-1-2-4;;/h2*9H,4-7H2,1-3H3;5-6H2,1-4H3;9H,4-7H2,1-3H3;9H,3-6,8H2,1-2H3;7H,4-5H2,1-3H3;1-3H3;4H,1-2H2;;1H2/q;;;;;;;;+1;/p-1. The van der Waals surface area contributed by atoms with Gasteiger partial charge in [-0.2, -0.15) is 24.4 Å². The van der Waals surface area contributed by atoms with Crippen molar-refractivity contribution in [1.82, 2.24) is 0 Å². The number of halogens is 2. The van der Waals surface area contributed by atoms with Crippen LogP contribution in [0.5, 0.6) is 0 Å². The molecule has 0 saturated heterocycles. The summed E-state index contributed by atoms with van der Waals surface area (Å²) in [4.78, 5) is 10.5. The van der Waals surface area contributed by atoms with Crippen molar-refractivity contribution in [2.45, 2.75) is 195 Å². The number of carbonyl (C=O) groups is 1. The first-order valence-corrected chi connectivity index (χ1v) is 35.0. The topological polar surface area (TPSA) is 286 Å². The Morgan fingerprint density at radius 2 is 0.773 bits per heavy atom. The Bertz CT molecular complexity index is 1460. The molecule has 15 nitrogen and oxygen atoms in total. The quantitative estimate of drug-likeness (QED) is 0.0192. The number of nitrogens with two attached hydrogens (primary N) is 1. The third kappa shape index (κ3) is 128.